The van der Waals surface area contributed by atoms with Crippen LogP contribution in [0.25, 0.3) is 11.3 Å². The molecule has 1 N–H and O–H groups in total. The van der Waals surface area contributed by atoms with Crippen molar-refractivity contribution in [1.29, 1.82) is 0 Å². The van der Waals surface area contributed by atoms with Gasteiger partial charge < -0.3 is 14.4 Å². The van der Waals surface area contributed by atoms with Crippen LogP contribution >= 0.6 is 11.8 Å². The van der Waals surface area contributed by atoms with Gasteiger partial charge in [-0.1, -0.05) is 5.16 Å². The minimum absolute atomic E-state index is 0.0132. The lowest BCUT2D eigenvalue weighted by Crippen LogP contribution is -2.02. The highest BCUT2D eigenvalue weighted by atomic mass is 32.2. The van der Waals surface area contributed by atoms with Gasteiger partial charge in [0.25, 0.3) is 0 Å². The molecule has 98 valence electrons. The van der Waals surface area contributed by atoms with E-state index in [4.69, 9.17) is 14.4 Å². The number of aromatic nitrogens is 1. The smallest absolute Gasteiger partial charge is 0.358 e. The van der Waals surface area contributed by atoms with Crippen LogP contribution in [0.2, 0.25) is 0 Å². The Bertz CT molecular complexity index is 650. The van der Waals surface area contributed by atoms with Gasteiger partial charge in [0, 0.05) is 21.8 Å². The van der Waals surface area contributed by atoms with E-state index in [1.165, 1.54) is 0 Å². The largest absolute Gasteiger partial charge is 0.497 e. The molecule has 0 unspecified atom stereocenters. The predicted molar refractivity (Wildman–Crippen MR) is 69.9 cm³/mol. The van der Waals surface area contributed by atoms with Gasteiger partial charge in [-0.05, 0) is 24.6 Å². The second-order valence-electron chi connectivity index (χ2n) is 4.10. The average Bonchev–Trinajstić information content (AvgIpc) is 2.74. The fourth-order valence-electron chi connectivity index (χ4n) is 2.12. The van der Waals surface area contributed by atoms with Crippen LogP contribution in [-0.2, 0) is 6.42 Å². The molecule has 19 heavy (non-hydrogen) atoms. The van der Waals surface area contributed by atoms with E-state index in [0.29, 0.717) is 17.7 Å². The Morgan fingerprint density at radius 3 is 3.11 bits per heavy atom. The summed E-state index contributed by atoms with van der Waals surface area (Å²) in [5, 5.41) is 12.8. The summed E-state index contributed by atoms with van der Waals surface area (Å²) in [6.45, 7) is 0. The molecule has 1 aromatic carbocycles. The number of carboxylic acid groups (broad SMARTS) is 1. The molecule has 0 atom stereocenters. The minimum Gasteiger partial charge on any atom is -0.497 e. The number of ether oxygens (including phenoxy) is 1. The van der Waals surface area contributed by atoms with Crippen LogP contribution in [0.3, 0.4) is 0 Å². The quantitative estimate of drug-likeness (QED) is 0.909. The maximum atomic E-state index is 11.1. The van der Waals surface area contributed by atoms with E-state index in [0.717, 1.165) is 22.0 Å². The van der Waals surface area contributed by atoms with Gasteiger partial charge in [-0.2, -0.15) is 0 Å². The summed E-state index contributed by atoms with van der Waals surface area (Å²) in [5.41, 5.74) is 1.56. The first-order valence-corrected chi connectivity index (χ1v) is 6.72. The van der Waals surface area contributed by atoms with Crippen molar-refractivity contribution in [3.63, 3.8) is 0 Å². The topological polar surface area (TPSA) is 72.6 Å². The van der Waals surface area contributed by atoms with Gasteiger partial charge in [-0.15, -0.1) is 11.8 Å². The SMILES string of the molecule is COc1ccc2c(c1)SCCc1c(C(=O)O)noc1-2. The number of hydrogen-bond acceptors (Lipinski definition) is 5. The molecule has 2 aromatic rings. The Morgan fingerprint density at radius 2 is 2.37 bits per heavy atom. The van der Waals surface area contributed by atoms with Gasteiger partial charge in [-0.25, -0.2) is 4.79 Å². The molecule has 0 fully saturated rings. The second-order valence-corrected chi connectivity index (χ2v) is 5.24. The first kappa shape index (κ1) is 12.1. The molecule has 0 bridgehead atoms. The molecular formula is C13H11NO4S. The Balaban J connectivity index is 2.17. The van der Waals surface area contributed by atoms with Crippen molar-refractivity contribution in [1.82, 2.24) is 5.16 Å². The third-order valence-electron chi connectivity index (χ3n) is 3.03. The van der Waals surface area contributed by atoms with Crippen LogP contribution in [0.15, 0.2) is 27.6 Å². The number of carbonyl (C=O) groups is 1. The molecule has 1 aliphatic rings. The first-order chi connectivity index (χ1) is 9.20. The number of fused-ring (bicyclic) bond motifs is 3. The van der Waals surface area contributed by atoms with Crippen LogP contribution in [0.5, 0.6) is 5.75 Å². The van der Waals surface area contributed by atoms with Crippen molar-refractivity contribution in [3.05, 3.63) is 29.5 Å². The zero-order valence-electron chi connectivity index (χ0n) is 10.2. The summed E-state index contributed by atoms with van der Waals surface area (Å²) in [4.78, 5) is 12.1. The summed E-state index contributed by atoms with van der Waals surface area (Å²) < 4.78 is 10.4. The van der Waals surface area contributed by atoms with Gasteiger partial charge in [-0.3, -0.25) is 0 Å². The van der Waals surface area contributed by atoms with Gasteiger partial charge in [0.15, 0.2) is 11.5 Å². The van der Waals surface area contributed by atoms with Crippen LogP contribution < -0.4 is 4.74 Å². The number of rotatable bonds is 2. The Hall–Kier alpha value is -1.95. The van der Waals surface area contributed by atoms with E-state index in [1.807, 2.05) is 18.2 Å². The highest BCUT2D eigenvalue weighted by Crippen LogP contribution is 2.40. The third kappa shape index (κ3) is 1.98. The van der Waals surface area contributed by atoms with Gasteiger partial charge in [0.1, 0.15) is 5.75 Å². The van der Waals surface area contributed by atoms with E-state index in [2.05, 4.69) is 5.16 Å². The van der Waals surface area contributed by atoms with Crippen molar-refractivity contribution in [2.75, 3.05) is 12.9 Å². The number of carboxylic acids is 1. The highest BCUT2D eigenvalue weighted by molar-refractivity contribution is 7.99. The van der Waals surface area contributed by atoms with Crippen molar-refractivity contribution < 1.29 is 19.2 Å². The predicted octanol–water partition coefficient (Wildman–Crippen LogP) is 2.70. The number of thioether (sulfide) groups is 1. The van der Waals surface area contributed by atoms with E-state index in [9.17, 15) is 4.79 Å². The van der Waals surface area contributed by atoms with Crippen molar-refractivity contribution >= 4 is 17.7 Å². The molecule has 0 saturated carbocycles. The summed E-state index contributed by atoms with van der Waals surface area (Å²) >= 11 is 1.66. The molecule has 2 heterocycles. The van der Waals surface area contributed by atoms with Crippen LogP contribution in [0.1, 0.15) is 16.1 Å². The molecule has 0 amide bonds. The molecule has 5 nitrogen and oxygen atoms in total. The lowest BCUT2D eigenvalue weighted by Gasteiger charge is -2.06. The number of nitrogens with zero attached hydrogens (tertiary/aromatic N) is 1. The zero-order valence-corrected chi connectivity index (χ0v) is 11.0. The fraction of sp³-hybridized carbons (Fsp3) is 0.231. The van der Waals surface area contributed by atoms with Gasteiger partial charge >= 0.3 is 5.97 Å². The second kappa shape index (κ2) is 4.62. The van der Waals surface area contributed by atoms with Crippen LogP contribution in [-0.4, -0.2) is 29.1 Å². The number of methoxy groups -OCH3 is 1. The monoisotopic (exact) mass is 277 g/mol. The van der Waals surface area contributed by atoms with Gasteiger partial charge in [0.2, 0.25) is 0 Å². The lowest BCUT2D eigenvalue weighted by atomic mass is 10.0. The lowest BCUT2D eigenvalue weighted by molar-refractivity contribution is 0.0685. The van der Waals surface area contributed by atoms with E-state index in [1.54, 1.807) is 18.9 Å². The number of benzene rings is 1. The average molecular weight is 277 g/mol. The molecule has 0 spiro atoms. The highest BCUT2D eigenvalue weighted by Gasteiger charge is 2.26. The van der Waals surface area contributed by atoms with Crippen molar-refractivity contribution in [2.24, 2.45) is 0 Å². The normalized spacial score (nSPS) is 13.3. The molecule has 1 aromatic heterocycles. The number of hydrogen-bond donors (Lipinski definition) is 1. The zero-order chi connectivity index (χ0) is 13.4. The Morgan fingerprint density at radius 1 is 1.53 bits per heavy atom. The van der Waals surface area contributed by atoms with Crippen molar-refractivity contribution in [3.8, 4) is 17.1 Å². The van der Waals surface area contributed by atoms with Crippen LogP contribution in [0.4, 0.5) is 0 Å². The molecular weight excluding hydrogens is 266 g/mol. The summed E-state index contributed by atoms with van der Waals surface area (Å²) in [6, 6.07) is 5.64. The summed E-state index contributed by atoms with van der Waals surface area (Å²) in [6.07, 6.45) is 0.627. The number of aromatic carboxylic acids is 1. The van der Waals surface area contributed by atoms with Gasteiger partial charge in [0.05, 0.1) is 7.11 Å². The Kier molecular flexibility index (Phi) is 2.94. The molecule has 6 heteroatoms. The Labute approximate surface area is 113 Å². The minimum atomic E-state index is -1.05. The molecule has 0 aliphatic carbocycles. The maximum Gasteiger partial charge on any atom is 0.358 e. The molecule has 1 aliphatic heterocycles. The maximum absolute atomic E-state index is 11.1. The van der Waals surface area contributed by atoms with E-state index >= 15 is 0 Å². The third-order valence-corrected chi connectivity index (χ3v) is 4.09. The summed E-state index contributed by atoms with van der Waals surface area (Å²) in [5.74, 6) is 1.06. The van der Waals surface area contributed by atoms with Crippen molar-refractivity contribution in [2.45, 2.75) is 11.3 Å². The first-order valence-electron chi connectivity index (χ1n) is 5.73. The van der Waals surface area contributed by atoms with E-state index in [-0.39, 0.29) is 5.69 Å². The molecule has 0 saturated heterocycles. The molecule has 0 radical (unpaired) electrons. The molecule has 3 rings (SSSR count). The fourth-order valence-corrected chi connectivity index (χ4v) is 3.16. The van der Waals surface area contributed by atoms with Crippen LogP contribution in [0, 0.1) is 0 Å². The van der Waals surface area contributed by atoms with E-state index < -0.39 is 5.97 Å². The summed E-state index contributed by atoms with van der Waals surface area (Å²) in [7, 11) is 1.62. The standard InChI is InChI=1S/C13H11NO4S/c1-17-7-2-3-8-10(6-7)19-5-4-9-11(13(15)16)14-18-12(8)9/h2-3,6H,4-5H2,1H3,(H,15,16).